The van der Waals surface area contributed by atoms with Gasteiger partial charge in [0.05, 0.1) is 19.7 Å². The lowest BCUT2D eigenvalue weighted by Crippen LogP contribution is -2.25. The maximum Gasteiger partial charge on any atom is 0.277 e. The minimum absolute atomic E-state index is 0.204. The molecule has 0 aliphatic rings. The molecule has 0 aromatic heterocycles. The monoisotopic (exact) mass is 614 g/mol. The summed E-state index contributed by atoms with van der Waals surface area (Å²) in [7, 11) is 0. The van der Waals surface area contributed by atoms with E-state index in [-0.39, 0.29) is 12.5 Å². The summed E-state index contributed by atoms with van der Waals surface area (Å²) < 4.78 is 8.40. The van der Waals surface area contributed by atoms with Gasteiger partial charge >= 0.3 is 0 Å². The van der Waals surface area contributed by atoms with Gasteiger partial charge in [-0.25, -0.2) is 5.43 Å². The van der Waals surface area contributed by atoms with Gasteiger partial charge in [-0.3, -0.25) is 4.79 Å². The molecule has 0 heterocycles. The summed E-state index contributed by atoms with van der Waals surface area (Å²) in [6.45, 7) is 1.61. The molecular formula is C16H11Br4ClN2O2. The van der Waals surface area contributed by atoms with Gasteiger partial charge in [-0.2, -0.15) is 5.10 Å². The summed E-state index contributed by atoms with van der Waals surface area (Å²) in [5, 5.41) is 4.54. The number of nitrogens with zero attached hydrogens (tertiary/aromatic N) is 1. The van der Waals surface area contributed by atoms with Crippen LogP contribution in [-0.2, 0) is 4.79 Å². The maximum absolute atomic E-state index is 12.0. The number of hydrazone groups is 1. The first kappa shape index (κ1) is 20.9. The zero-order valence-electron chi connectivity index (χ0n) is 12.7. The number of ether oxygens (including phenoxy) is 1. The molecule has 0 fully saturated rings. The van der Waals surface area contributed by atoms with E-state index in [4.69, 9.17) is 16.3 Å². The molecule has 1 N–H and O–H groups in total. The topological polar surface area (TPSA) is 50.7 Å². The van der Waals surface area contributed by atoms with Gasteiger partial charge in [0, 0.05) is 8.95 Å². The number of amides is 1. The highest BCUT2D eigenvalue weighted by Crippen LogP contribution is 2.42. The molecule has 2 aromatic carbocycles. The number of carbonyl (C=O) groups excluding carboxylic acids is 1. The smallest absolute Gasteiger partial charge is 0.277 e. The number of carbonyl (C=O) groups is 1. The summed E-state index contributed by atoms with van der Waals surface area (Å²) in [6, 6.07) is 9.39. The molecule has 0 spiro atoms. The van der Waals surface area contributed by atoms with E-state index in [0.717, 1.165) is 10.0 Å². The quantitative estimate of drug-likeness (QED) is 0.185. The van der Waals surface area contributed by atoms with Crippen molar-refractivity contribution in [1.29, 1.82) is 0 Å². The summed E-state index contributed by atoms with van der Waals surface area (Å²) in [4.78, 5) is 12.0. The van der Waals surface area contributed by atoms with Gasteiger partial charge in [0.15, 0.2) is 6.61 Å². The minimum atomic E-state index is -0.382. The van der Waals surface area contributed by atoms with Crippen molar-refractivity contribution in [3.05, 3.63) is 58.8 Å². The first-order chi connectivity index (χ1) is 11.8. The second-order valence-electron chi connectivity index (χ2n) is 4.83. The molecule has 0 bridgehead atoms. The van der Waals surface area contributed by atoms with E-state index < -0.39 is 0 Å². The lowest BCUT2D eigenvalue weighted by atomic mass is 10.1. The Hall–Kier alpha value is -0.410. The van der Waals surface area contributed by atoms with E-state index >= 15 is 0 Å². The van der Waals surface area contributed by atoms with Crippen LogP contribution in [0.5, 0.6) is 5.75 Å². The van der Waals surface area contributed by atoms with E-state index in [1.807, 2.05) is 31.2 Å². The number of hydrogen-bond donors (Lipinski definition) is 1. The van der Waals surface area contributed by atoms with Crippen LogP contribution in [0.4, 0.5) is 0 Å². The fourth-order valence-corrected chi connectivity index (χ4v) is 4.67. The standard InChI is InChI=1S/C16H11Br4ClN2O2/c1-8(9-3-2-4-10(17)5-9)22-23-13(24)7-25-16-12(19)6-11(18)15(21)14(16)20/h2-6H,7H2,1H3,(H,23,24)/b22-8-. The predicted octanol–water partition coefficient (Wildman–Crippen LogP) is 6.31. The van der Waals surface area contributed by atoms with Crippen molar-refractivity contribution in [1.82, 2.24) is 5.43 Å². The first-order valence-corrected chi connectivity index (χ1v) is 10.4. The predicted molar refractivity (Wildman–Crippen MR) is 115 cm³/mol. The van der Waals surface area contributed by atoms with E-state index in [0.29, 0.717) is 29.9 Å². The molecule has 2 rings (SSSR count). The molecule has 1 amide bonds. The second kappa shape index (κ2) is 9.50. The number of rotatable bonds is 5. The van der Waals surface area contributed by atoms with E-state index in [9.17, 15) is 4.79 Å². The third kappa shape index (κ3) is 5.79. The van der Waals surface area contributed by atoms with Gasteiger partial charge < -0.3 is 4.74 Å². The average molecular weight is 618 g/mol. The van der Waals surface area contributed by atoms with Crippen LogP contribution in [0.2, 0.25) is 5.02 Å². The zero-order chi connectivity index (χ0) is 18.6. The number of benzene rings is 2. The van der Waals surface area contributed by atoms with E-state index in [2.05, 4.69) is 74.2 Å². The summed E-state index contributed by atoms with van der Waals surface area (Å²) in [6.07, 6.45) is 0. The van der Waals surface area contributed by atoms with Gasteiger partial charge in [-0.15, -0.1) is 0 Å². The molecule has 25 heavy (non-hydrogen) atoms. The van der Waals surface area contributed by atoms with Crippen LogP contribution >= 0.6 is 75.3 Å². The third-order valence-corrected chi connectivity index (χ3v) is 6.32. The van der Waals surface area contributed by atoms with Gasteiger partial charge in [0.25, 0.3) is 5.91 Å². The highest BCUT2D eigenvalue weighted by molar-refractivity contribution is 9.11. The Bertz CT molecular complexity index is 843. The van der Waals surface area contributed by atoms with Crippen LogP contribution in [-0.4, -0.2) is 18.2 Å². The Morgan fingerprint density at radius 2 is 1.92 bits per heavy atom. The Kier molecular flexibility index (Phi) is 7.94. The van der Waals surface area contributed by atoms with Crippen molar-refractivity contribution >= 4 is 86.9 Å². The Morgan fingerprint density at radius 3 is 2.60 bits per heavy atom. The molecule has 0 unspecified atom stereocenters. The third-order valence-electron chi connectivity index (χ3n) is 3.01. The molecule has 0 aliphatic heterocycles. The lowest BCUT2D eigenvalue weighted by molar-refractivity contribution is -0.123. The summed E-state index contributed by atoms with van der Waals surface area (Å²) in [5.41, 5.74) is 4.06. The fourth-order valence-electron chi connectivity index (χ4n) is 1.78. The Balaban J connectivity index is 2.00. The molecule has 0 atom stereocenters. The molecule has 2 aromatic rings. The SMILES string of the molecule is C/C(=N/NC(=O)COc1c(Br)cc(Br)c(Cl)c1Br)c1cccc(Br)c1. The van der Waals surface area contributed by atoms with Crippen LogP contribution in [0.1, 0.15) is 12.5 Å². The molecule has 0 saturated carbocycles. The number of nitrogens with one attached hydrogen (secondary N) is 1. The van der Waals surface area contributed by atoms with Crippen LogP contribution in [0.15, 0.2) is 53.3 Å². The van der Waals surface area contributed by atoms with Crippen LogP contribution < -0.4 is 10.2 Å². The molecular weight excluding hydrogens is 607 g/mol. The van der Waals surface area contributed by atoms with Gasteiger partial charge in [-0.05, 0) is 78.5 Å². The van der Waals surface area contributed by atoms with Gasteiger partial charge in [-0.1, -0.05) is 39.7 Å². The summed E-state index contributed by atoms with van der Waals surface area (Å²) in [5.74, 6) is 0.0585. The van der Waals surface area contributed by atoms with Crippen molar-refractivity contribution in [2.75, 3.05) is 6.61 Å². The first-order valence-electron chi connectivity index (χ1n) is 6.84. The average Bonchev–Trinajstić information content (AvgIpc) is 2.57. The van der Waals surface area contributed by atoms with E-state index in [1.54, 1.807) is 6.07 Å². The van der Waals surface area contributed by atoms with Crippen LogP contribution in [0.25, 0.3) is 0 Å². The normalized spacial score (nSPS) is 11.4. The van der Waals surface area contributed by atoms with Crippen LogP contribution in [0.3, 0.4) is 0 Å². The van der Waals surface area contributed by atoms with Crippen molar-refractivity contribution in [2.45, 2.75) is 6.92 Å². The highest BCUT2D eigenvalue weighted by atomic mass is 79.9. The van der Waals surface area contributed by atoms with Crippen molar-refractivity contribution in [3.63, 3.8) is 0 Å². The van der Waals surface area contributed by atoms with Gasteiger partial charge in [0.1, 0.15) is 5.75 Å². The maximum atomic E-state index is 12.0. The largest absolute Gasteiger partial charge is 0.481 e. The zero-order valence-corrected chi connectivity index (χ0v) is 19.8. The Morgan fingerprint density at radius 1 is 1.20 bits per heavy atom. The molecule has 4 nitrogen and oxygen atoms in total. The van der Waals surface area contributed by atoms with Gasteiger partial charge in [0.2, 0.25) is 0 Å². The second-order valence-corrected chi connectivity index (χ2v) is 8.62. The molecule has 0 radical (unpaired) electrons. The molecule has 0 saturated heterocycles. The molecule has 9 heteroatoms. The van der Waals surface area contributed by atoms with Crippen molar-refractivity contribution < 1.29 is 9.53 Å². The van der Waals surface area contributed by atoms with Crippen molar-refractivity contribution in [2.24, 2.45) is 5.10 Å². The molecule has 0 aliphatic carbocycles. The highest BCUT2D eigenvalue weighted by Gasteiger charge is 2.15. The van der Waals surface area contributed by atoms with Crippen molar-refractivity contribution in [3.8, 4) is 5.75 Å². The van der Waals surface area contributed by atoms with E-state index in [1.165, 1.54) is 0 Å². The number of hydrogen-bond acceptors (Lipinski definition) is 3. The Labute approximate surface area is 183 Å². The number of halogens is 5. The fraction of sp³-hybridized carbons (Fsp3) is 0.125. The minimum Gasteiger partial charge on any atom is -0.481 e. The van der Waals surface area contributed by atoms with Crippen LogP contribution in [0, 0.1) is 0 Å². The molecule has 132 valence electrons. The lowest BCUT2D eigenvalue weighted by Gasteiger charge is -2.12. The summed E-state index contributed by atoms with van der Waals surface area (Å²) >= 11 is 19.6.